The van der Waals surface area contributed by atoms with Crippen LogP contribution in [0, 0.1) is 47.1 Å². The second-order valence-electron chi connectivity index (χ2n) is 12.2. The number of benzene rings is 1. The van der Waals surface area contributed by atoms with Crippen molar-refractivity contribution in [2.24, 2.45) is 35.5 Å². The van der Waals surface area contributed by atoms with Crippen LogP contribution in [-0.2, 0) is 4.79 Å². The highest BCUT2D eigenvalue weighted by atomic mass is 19.2. The topological polar surface area (TPSA) is 35.5 Å². The average Bonchev–Trinajstić information content (AvgIpc) is 2.94. The van der Waals surface area contributed by atoms with Crippen LogP contribution in [0.2, 0.25) is 0 Å². The van der Waals surface area contributed by atoms with Gasteiger partial charge in [0.2, 0.25) is 11.6 Å². The van der Waals surface area contributed by atoms with Crippen molar-refractivity contribution in [1.82, 2.24) is 0 Å². The summed E-state index contributed by atoms with van der Waals surface area (Å²) < 4.78 is 39.4. The maximum atomic E-state index is 14.5. The first kappa shape index (κ1) is 29.1. The van der Waals surface area contributed by atoms with Gasteiger partial charge in [0.1, 0.15) is 6.61 Å². The number of ether oxygens (including phenoxy) is 2. The maximum Gasteiger partial charge on any atom is 0.314 e. The van der Waals surface area contributed by atoms with Gasteiger partial charge in [0.05, 0.1) is 5.92 Å². The van der Waals surface area contributed by atoms with Crippen molar-refractivity contribution in [2.45, 2.75) is 110 Å². The summed E-state index contributed by atoms with van der Waals surface area (Å²) in [6, 6.07) is 2.60. The SMILES string of the molecule is C/C=C/COc1ccc(OC(=O)C2CCC(C3CCC4CC(CCCCCC)CCC4C3)CC2)c(F)c1F. The van der Waals surface area contributed by atoms with Crippen LogP contribution in [0.15, 0.2) is 24.3 Å². The van der Waals surface area contributed by atoms with E-state index in [9.17, 15) is 13.6 Å². The van der Waals surface area contributed by atoms with Crippen LogP contribution in [0.25, 0.3) is 0 Å². The smallest absolute Gasteiger partial charge is 0.314 e. The fourth-order valence-corrected chi connectivity index (χ4v) is 7.53. The van der Waals surface area contributed by atoms with E-state index in [1.54, 1.807) is 12.2 Å². The predicted molar refractivity (Wildman–Crippen MR) is 148 cm³/mol. The van der Waals surface area contributed by atoms with E-state index < -0.39 is 17.6 Å². The van der Waals surface area contributed by atoms with Gasteiger partial charge in [0.15, 0.2) is 11.5 Å². The average molecular weight is 531 g/mol. The molecule has 3 fully saturated rings. The van der Waals surface area contributed by atoms with Gasteiger partial charge in [-0.05, 0) is 106 Å². The Morgan fingerprint density at radius 1 is 0.842 bits per heavy atom. The van der Waals surface area contributed by atoms with Gasteiger partial charge in [-0.25, -0.2) is 0 Å². The van der Waals surface area contributed by atoms with E-state index in [1.807, 2.05) is 6.92 Å². The molecule has 212 valence electrons. The van der Waals surface area contributed by atoms with E-state index in [1.165, 1.54) is 82.8 Å². The quantitative estimate of drug-likeness (QED) is 0.124. The lowest BCUT2D eigenvalue weighted by molar-refractivity contribution is -0.140. The highest BCUT2D eigenvalue weighted by Gasteiger charge is 2.39. The molecule has 38 heavy (non-hydrogen) atoms. The monoisotopic (exact) mass is 530 g/mol. The van der Waals surface area contributed by atoms with Crippen LogP contribution < -0.4 is 9.47 Å². The molecule has 5 heteroatoms. The minimum atomic E-state index is -1.17. The van der Waals surface area contributed by atoms with E-state index in [-0.39, 0.29) is 24.0 Å². The Bertz CT molecular complexity index is 921. The van der Waals surface area contributed by atoms with Gasteiger partial charge in [-0.15, -0.1) is 0 Å². The Morgan fingerprint density at radius 3 is 2.21 bits per heavy atom. The second-order valence-corrected chi connectivity index (χ2v) is 12.2. The molecule has 3 aliphatic rings. The van der Waals surface area contributed by atoms with Crippen LogP contribution in [0.1, 0.15) is 110 Å². The third-order valence-electron chi connectivity index (χ3n) is 9.79. The van der Waals surface area contributed by atoms with Crippen molar-refractivity contribution >= 4 is 5.97 Å². The molecule has 3 saturated carbocycles. The molecule has 0 spiro atoms. The zero-order valence-corrected chi connectivity index (χ0v) is 23.6. The minimum Gasteiger partial charge on any atom is -0.486 e. The number of carbonyl (C=O) groups excluding carboxylic acids is 1. The van der Waals surface area contributed by atoms with Crippen LogP contribution in [0.5, 0.6) is 11.5 Å². The number of esters is 1. The molecule has 0 N–H and O–H groups in total. The number of rotatable bonds is 11. The van der Waals surface area contributed by atoms with E-state index in [0.29, 0.717) is 5.92 Å². The number of hydrogen-bond donors (Lipinski definition) is 0. The molecule has 4 rings (SSSR count). The van der Waals surface area contributed by atoms with Gasteiger partial charge in [-0.1, -0.05) is 57.6 Å². The molecule has 0 amide bonds. The first-order chi connectivity index (χ1) is 18.5. The van der Waals surface area contributed by atoms with Crippen LogP contribution in [0.3, 0.4) is 0 Å². The van der Waals surface area contributed by atoms with Crippen molar-refractivity contribution < 1.29 is 23.0 Å². The summed E-state index contributed by atoms with van der Waals surface area (Å²) in [6.45, 7) is 4.26. The molecule has 4 unspecified atom stereocenters. The van der Waals surface area contributed by atoms with E-state index >= 15 is 0 Å². The highest BCUT2D eigenvalue weighted by Crippen LogP contribution is 2.49. The van der Waals surface area contributed by atoms with Gasteiger partial charge in [-0.3, -0.25) is 4.79 Å². The molecule has 1 aromatic rings. The molecule has 0 heterocycles. The fourth-order valence-electron chi connectivity index (χ4n) is 7.53. The standard InChI is InChI=1S/C33H48F2O3/c1-3-5-7-8-9-23-10-11-28-22-27(17-16-26(28)21-23)24-12-14-25(15-13-24)33(36)38-30-19-18-29(31(34)32(30)35)37-20-6-4-2/h4,6,18-19,23-28H,3,5,7-17,20-22H2,1-2H3/b6-4+. The summed E-state index contributed by atoms with van der Waals surface area (Å²) in [7, 11) is 0. The molecular weight excluding hydrogens is 482 g/mol. The van der Waals surface area contributed by atoms with Crippen molar-refractivity contribution in [2.75, 3.05) is 6.61 Å². The first-order valence-electron chi connectivity index (χ1n) is 15.4. The van der Waals surface area contributed by atoms with E-state index in [2.05, 4.69) is 6.92 Å². The van der Waals surface area contributed by atoms with Crippen molar-refractivity contribution in [3.63, 3.8) is 0 Å². The van der Waals surface area contributed by atoms with E-state index in [0.717, 1.165) is 49.4 Å². The second kappa shape index (κ2) is 14.5. The minimum absolute atomic E-state index is 0.150. The van der Waals surface area contributed by atoms with Crippen molar-refractivity contribution in [1.29, 1.82) is 0 Å². The third kappa shape index (κ3) is 7.60. The first-order valence-corrected chi connectivity index (χ1v) is 15.4. The summed E-state index contributed by atoms with van der Waals surface area (Å²) in [6.07, 6.45) is 22.5. The Hall–Kier alpha value is -1.91. The largest absolute Gasteiger partial charge is 0.486 e. The molecule has 0 aromatic heterocycles. The summed E-state index contributed by atoms with van der Waals surface area (Å²) >= 11 is 0. The van der Waals surface area contributed by atoms with Gasteiger partial charge < -0.3 is 9.47 Å². The molecule has 0 aliphatic heterocycles. The lowest BCUT2D eigenvalue weighted by Gasteiger charge is -2.45. The van der Waals surface area contributed by atoms with Crippen LogP contribution in [-0.4, -0.2) is 12.6 Å². The summed E-state index contributed by atoms with van der Waals surface area (Å²) in [5.41, 5.74) is 0. The number of fused-ring (bicyclic) bond motifs is 1. The number of unbranched alkanes of at least 4 members (excludes halogenated alkanes) is 3. The zero-order chi connectivity index (χ0) is 26.9. The normalized spacial score (nSPS) is 29.7. The van der Waals surface area contributed by atoms with Gasteiger partial charge in [0.25, 0.3) is 0 Å². The van der Waals surface area contributed by atoms with Gasteiger partial charge in [-0.2, -0.15) is 8.78 Å². The number of allylic oxidation sites excluding steroid dienone is 1. The van der Waals surface area contributed by atoms with Crippen molar-refractivity contribution in [3.8, 4) is 11.5 Å². The zero-order valence-electron chi connectivity index (χ0n) is 23.6. The summed E-state index contributed by atoms with van der Waals surface area (Å²) in [5, 5.41) is 0. The number of halogens is 2. The molecule has 0 saturated heterocycles. The number of hydrogen-bond acceptors (Lipinski definition) is 3. The van der Waals surface area contributed by atoms with Gasteiger partial charge in [0, 0.05) is 0 Å². The Labute approximate surface area is 228 Å². The third-order valence-corrected chi connectivity index (χ3v) is 9.79. The molecule has 0 bridgehead atoms. The van der Waals surface area contributed by atoms with Crippen molar-refractivity contribution in [3.05, 3.63) is 35.9 Å². The Morgan fingerprint density at radius 2 is 1.47 bits per heavy atom. The van der Waals surface area contributed by atoms with Crippen LogP contribution >= 0.6 is 0 Å². The summed E-state index contributed by atoms with van der Waals surface area (Å²) in [4.78, 5) is 12.8. The Kier molecular flexibility index (Phi) is 11.1. The molecule has 1 aromatic carbocycles. The molecule has 3 aliphatic carbocycles. The fraction of sp³-hybridized carbons (Fsp3) is 0.727. The molecule has 3 nitrogen and oxygen atoms in total. The highest BCUT2D eigenvalue weighted by molar-refractivity contribution is 5.75. The van der Waals surface area contributed by atoms with Gasteiger partial charge >= 0.3 is 5.97 Å². The number of carbonyl (C=O) groups is 1. The van der Waals surface area contributed by atoms with Crippen LogP contribution in [0.4, 0.5) is 8.78 Å². The van der Waals surface area contributed by atoms with E-state index in [4.69, 9.17) is 9.47 Å². The lowest BCUT2D eigenvalue weighted by atomic mass is 9.60. The molecular formula is C33H48F2O3. The predicted octanol–water partition coefficient (Wildman–Crippen LogP) is 9.43. The molecule has 4 atom stereocenters. The lowest BCUT2D eigenvalue weighted by Crippen LogP contribution is -2.35. The maximum absolute atomic E-state index is 14.5. The Balaban J connectivity index is 1.20. The molecule has 0 radical (unpaired) electrons. The summed E-state index contributed by atoms with van der Waals surface area (Å²) in [5.74, 6) is 0.787.